The molecule has 5 nitrogen and oxygen atoms in total. The monoisotopic (exact) mass is 344 g/mol. The van der Waals surface area contributed by atoms with E-state index in [1.54, 1.807) is 0 Å². The van der Waals surface area contributed by atoms with Gasteiger partial charge in [0, 0.05) is 18.2 Å². The Morgan fingerprint density at radius 3 is 2.56 bits per heavy atom. The van der Waals surface area contributed by atoms with Gasteiger partial charge in [-0.2, -0.15) is 0 Å². The molecule has 0 heterocycles. The number of hydrogen-bond acceptors (Lipinski definition) is 3. The molecule has 2 fully saturated rings. The molecule has 0 aromatic heterocycles. The van der Waals surface area contributed by atoms with E-state index in [2.05, 4.69) is 10.6 Å². The number of hydrogen-bond donors (Lipinski definition) is 3. The maximum atomic E-state index is 12.1. The molecule has 5 heteroatoms. The first-order chi connectivity index (χ1) is 12.0. The highest BCUT2D eigenvalue weighted by atomic mass is 16.3. The van der Waals surface area contributed by atoms with E-state index in [1.807, 2.05) is 24.3 Å². The lowest BCUT2D eigenvalue weighted by molar-refractivity contribution is -0.127. The number of aliphatic hydroxyl groups is 1. The molecule has 2 aliphatic carbocycles. The zero-order chi connectivity index (χ0) is 17.7. The molecule has 0 radical (unpaired) electrons. The number of carbonyl (C=O) groups is 2. The summed E-state index contributed by atoms with van der Waals surface area (Å²) in [5.41, 5.74) is 0.881. The number of anilines is 1. The van der Waals surface area contributed by atoms with E-state index >= 15 is 0 Å². The van der Waals surface area contributed by atoms with Crippen LogP contribution in [0.2, 0.25) is 0 Å². The van der Waals surface area contributed by atoms with E-state index in [0.717, 1.165) is 49.8 Å². The van der Waals surface area contributed by atoms with E-state index in [1.165, 1.54) is 0 Å². The van der Waals surface area contributed by atoms with Crippen LogP contribution >= 0.6 is 0 Å². The third-order valence-electron chi connectivity index (χ3n) is 5.43. The number of nitrogens with one attached hydrogen (secondary N) is 2. The molecule has 0 bridgehead atoms. The Bertz CT molecular complexity index is 619. The minimum atomic E-state index is -0.832. The molecule has 0 unspecified atom stereocenters. The predicted octanol–water partition coefficient (Wildman–Crippen LogP) is 3.13. The van der Waals surface area contributed by atoms with Gasteiger partial charge in [0.2, 0.25) is 11.8 Å². The first-order valence-corrected chi connectivity index (χ1v) is 9.43. The smallest absolute Gasteiger partial charge is 0.227 e. The normalized spacial score (nSPS) is 19.7. The lowest BCUT2D eigenvalue weighted by Gasteiger charge is -2.31. The summed E-state index contributed by atoms with van der Waals surface area (Å²) in [6.45, 7) is 0.405. The summed E-state index contributed by atoms with van der Waals surface area (Å²) < 4.78 is 0. The molecule has 3 rings (SSSR count). The molecule has 0 spiro atoms. The average Bonchev–Trinajstić information content (AvgIpc) is 2.52. The summed E-state index contributed by atoms with van der Waals surface area (Å²) in [5.74, 6) is 0.125. The van der Waals surface area contributed by atoms with Gasteiger partial charge in [-0.25, -0.2) is 0 Å². The highest BCUT2D eigenvalue weighted by Crippen LogP contribution is 2.30. The zero-order valence-corrected chi connectivity index (χ0v) is 14.7. The van der Waals surface area contributed by atoms with E-state index in [9.17, 15) is 14.7 Å². The van der Waals surface area contributed by atoms with Crippen LogP contribution in [0.15, 0.2) is 24.3 Å². The van der Waals surface area contributed by atoms with Crippen LogP contribution in [0.1, 0.15) is 63.4 Å². The Kier molecular flexibility index (Phi) is 5.74. The van der Waals surface area contributed by atoms with Crippen LogP contribution in [0.5, 0.6) is 0 Å². The van der Waals surface area contributed by atoms with E-state index in [-0.39, 0.29) is 24.2 Å². The quantitative estimate of drug-likeness (QED) is 0.742. The first-order valence-electron chi connectivity index (χ1n) is 9.43. The molecule has 0 atom stereocenters. The second-order valence-electron chi connectivity index (χ2n) is 7.56. The first kappa shape index (κ1) is 17.9. The van der Waals surface area contributed by atoms with Crippen molar-refractivity contribution in [2.24, 2.45) is 5.92 Å². The average molecular weight is 344 g/mol. The largest absolute Gasteiger partial charge is 0.389 e. The third-order valence-corrected chi connectivity index (χ3v) is 5.43. The zero-order valence-electron chi connectivity index (χ0n) is 14.7. The van der Waals surface area contributed by atoms with Crippen molar-refractivity contribution in [3.05, 3.63) is 29.8 Å². The van der Waals surface area contributed by atoms with Crippen molar-refractivity contribution in [1.82, 2.24) is 5.32 Å². The molecule has 25 heavy (non-hydrogen) atoms. The van der Waals surface area contributed by atoms with Crippen molar-refractivity contribution < 1.29 is 14.7 Å². The summed E-state index contributed by atoms with van der Waals surface area (Å²) in [6.07, 6.45) is 7.81. The fourth-order valence-electron chi connectivity index (χ4n) is 3.62. The standard InChI is InChI=1S/C20H28N2O3/c23-18(13-20(25)10-2-1-3-11-20)21-14-15-6-4-9-17(12-15)22-19(24)16-7-5-8-16/h4,6,9,12,16,25H,1-3,5,7-8,10-11,13-14H2,(H,21,23)(H,22,24). The van der Waals surface area contributed by atoms with E-state index < -0.39 is 5.60 Å². The van der Waals surface area contributed by atoms with Crippen molar-refractivity contribution in [2.45, 2.75) is 69.9 Å². The van der Waals surface area contributed by atoms with Gasteiger partial charge in [-0.15, -0.1) is 0 Å². The Morgan fingerprint density at radius 2 is 1.88 bits per heavy atom. The second-order valence-corrected chi connectivity index (χ2v) is 7.56. The molecular weight excluding hydrogens is 316 g/mol. The SMILES string of the molecule is O=C(CC1(O)CCCCC1)NCc1cccc(NC(=O)C2CCC2)c1. The van der Waals surface area contributed by atoms with Crippen LogP contribution in [0, 0.1) is 5.92 Å². The van der Waals surface area contributed by atoms with Crippen LogP contribution in [0.4, 0.5) is 5.69 Å². The van der Waals surface area contributed by atoms with Crippen molar-refractivity contribution in [3.8, 4) is 0 Å². The van der Waals surface area contributed by atoms with Crippen molar-refractivity contribution in [3.63, 3.8) is 0 Å². The summed E-state index contributed by atoms with van der Waals surface area (Å²) in [6, 6.07) is 7.57. The van der Waals surface area contributed by atoms with Gasteiger partial charge in [0.05, 0.1) is 12.0 Å². The van der Waals surface area contributed by atoms with Gasteiger partial charge in [0.25, 0.3) is 0 Å². The Balaban J connectivity index is 1.48. The van der Waals surface area contributed by atoms with Gasteiger partial charge in [0.15, 0.2) is 0 Å². The van der Waals surface area contributed by atoms with Gasteiger partial charge < -0.3 is 15.7 Å². The molecule has 0 saturated heterocycles. The molecular formula is C20H28N2O3. The molecule has 1 aromatic carbocycles. The van der Waals surface area contributed by atoms with Crippen molar-refractivity contribution in [2.75, 3.05) is 5.32 Å². The Morgan fingerprint density at radius 1 is 1.12 bits per heavy atom. The highest BCUT2D eigenvalue weighted by molar-refractivity contribution is 5.93. The maximum absolute atomic E-state index is 12.1. The van der Waals surface area contributed by atoms with E-state index in [0.29, 0.717) is 19.4 Å². The van der Waals surface area contributed by atoms with Gasteiger partial charge in [-0.05, 0) is 43.4 Å². The molecule has 1 aromatic rings. The van der Waals surface area contributed by atoms with Gasteiger partial charge in [-0.1, -0.05) is 37.8 Å². The molecule has 2 saturated carbocycles. The maximum Gasteiger partial charge on any atom is 0.227 e. The van der Waals surface area contributed by atoms with Crippen LogP contribution in [-0.2, 0) is 16.1 Å². The summed E-state index contributed by atoms with van der Waals surface area (Å²) in [5, 5.41) is 16.3. The van der Waals surface area contributed by atoms with Crippen molar-refractivity contribution >= 4 is 17.5 Å². The lowest BCUT2D eigenvalue weighted by atomic mass is 9.82. The molecule has 136 valence electrons. The fourth-order valence-corrected chi connectivity index (χ4v) is 3.62. The van der Waals surface area contributed by atoms with Crippen LogP contribution in [0.3, 0.4) is 0 Å². The predicted molar refractivity (Wildman–Crippen MR) is 96.9 cm³/mol. The van der Waals surface area contributed by atoms with Crippen LogP contribution in [-0.4, -0.2) is 22.5 Å². The van der Waals surface area contributed by atoms with Crippen LogP contribution < -0.4 is 10.6 Å². The number of rotatable bonds is 6. The van der Waals surface area contributed by atoms with Gasteiger partial charge >= 0.3 is 0 Å². The minimum absolute atomic E-state index is 0.0898. The summed E-state index contributed by atoms with van der Waals surface area (Å²) in [7, 11) is 0. The highest BCUT2D eigenvalue weighted by Gasteiger charge is 2.31. The molecule has 3 N–H and O–H groups in total. The third kappa shape index (κ3) is 5.05. The van der Waals surface area contributed by atoms with Crippen molar-refractivity contribution in [1.29, 1.82) is 0 Å². The fraction of sp³-hybridized carbons (Fsp3) is 0.600. The van der Waals surface area contributed by atoms with Gasteiger partial charge in [0.1, 0.15) is 0 Å². The summed E-state index contributed by atoms with van der Waals surface area (Å²) in [4.78, 5) is 24.2. The topological polar surface area (TPSA) is 78.4 Å². The molecule has 2 aliphatic rings. The second kappa shape index (κ2) is 8.00. The molecule has 0 aliphatic heterocycles. The van der Waals surface area contributed by atoms with Gasteiger partial charge in [-0.3, -0.25) is 9.59 Å². The number of amides is 2. The summed E-state index contributed by atoms with van der Waals surface area (Å²) >= 11 is 0. The minimum Gasteiger partial charge on any atom is -0.389 e. The Labute approximate surface area is 149 Å². The lowest BCUT2D eigenvalue weighted by Crippen LogP contribution is -2.38. The van der Waals surface area contributed by atoms with Crippen LogP contribution in [0.25, 0.3) is 0 Å². The van der Waals surface area contributed by atoms with E-state index in [4.69, 9.17) is 0 Å². The number of benzene rings is 1. The Hall–Kier alpha value is -1.88. The number of carbonyl (C=O) groups excluding carboxylic acids is 2. The molecule has 2 amide bonds.